The first kappa shape index (κ1) is 18.4. The third kappa shape index (κ3) is 3.73. The van der Waals surface area contributed by atoms with Crippen molar-refractivity contribution in [1.82, 2.24) is 10.2 Å². The van der Waals surface area contributed by atoms with E-state index < -0.39 is 0 Å². The summed E-state index contributed by atoms with van der Waals surface area (Å²) in [5.41, 5.74) is 2.36. The Morgan fingerprint density at radius 2 is 1.92 bits per heavy atom. The molecule has 3 rings (SSSR count). The van der Waals surface area contributed by atoms with Crippen molar-refractivity contribution in [3.05, 3.63) is 46.7 Å². The number of methoxy groups -OCH3 is 2. The molecule has 0 aliphatic carbocycles. The molecule has 1 aromatic carbocycles. The number of aromatic nitrogens is 2. The zero-order valence-electron chi connectivity index (χ0n) is 15.7. The Morgan fingerprint density at radius 1 is 1.19 bits per heavy atom. The molecule has 0 fully saturated rings. The molecule has 0 saturated carbocycles. The topological polar surface area (TPSA) is 61.8 Å². The number of nitrogens with one attached hydrogen (secondary N) is 1. The van der Waals surface area contributed by atoms with Gasteiger partial charge in [-0.05, 0) is 43.0 Å². The Hall–Kier alpha value is -2.38. The highest BCUT2D eigenvalue weighted by Gasteiger charge is 2.24. The van der Waals surface area contributed by atoms with Gasteiger partial charge in [-0.1, -0.05) is 6.07 Å². The highest BCUT2D eigenvalue weighted by atomic mass is 32.1. The van der Waals surface area contributed by atoms with E-state index in [0.717, 1.165) is 22.9 Å². The van der Waals surface area contributed by atoms with Gasteiger partial charge in [0.25, 0.3) is 11.8 Å². The largest absolute Gasteiger partial charge is 0.493 e. The number of rotatable bonds is 7. The Morgan fingerprint density at radius 3 is 2.58 bits per heavy atom. The molecule has 0 amide bonds. The predicted octanol–water partition coefficient (Wildman–Crippen LogP) is 2.90. The minimum atomic E-state index is 0.0729. The molecule has 0 bridgehead atoms. The summed E-state index contributed by atoms with van der Waals surface area (Å²) >= 11 is 1.59. The van der Waals surface area contributed by atoms with Crippen molar-refractivity contribution < 1.29 is 18.8 Å². The Kier molecular flexibility index (Phi) is 5.58. The van der Waals surface area contributed by atoms with Crippen LogP contribution in [-0.2, 0) is 6.54 Å². The van der Waals surface area contributed by atoms with Crippen LogP contribution in [-0.4, -0.2) is 31.5 Å². The molecule has 0 aliphatic rings. The summed E-state index contributed by atoms with van der Waals surface area (Å²) in [7, 11) is 5.42. The van der Waals surface area contributed by atoms with Crippen LogP contribution in [0.2, 0.25) is 0 Å². The van der Waals surface area contributed by atoms with E-state index in [-0.39, 0.29) is 6.04 Å². The van der Waals surface area contributed by atoms with E-state index in [0.29, 0.717) is 11.8 Å². The van der Waals surface area contributed by atoms with Crippen molar-refractivity contribution in [3.63, 3.8) is 0 Å². The van der Waals surface area contributed by atoms with Gasteiger partial charge in [-0.25, -0.2) is 0 Å². The summed E-state index contributed by atoms with van der Waals surface area (Å²) in [5.74, 6) is 2.71. The molecule has 0 radical (unpaired) electrons. The lowest BCUT2D eigenvalue weighted by Crippen LogP contribution is -3.07. The average Bonchev–Trinajstić information content (AvgIpc) is 3.33. The summed E-state index contributed by atoms with van der Waals surface area (Å²) in [6.45, 7) is 4.98. The smallest absolute Gasteiger partial charge is 0.274 e. The van der Waals surface area contributed by atoms with Crippen molar-refractivity contribution in [2.75, 3.05) is 21.3 Å². The molecule has 0 aliphatic heterocycles. The van der Waals surface area contributed by atoms with Crippen LogP contribution in [0.5, 0.6) is 11.5 Å². The van der Waals surface area contributed by atoms with Crippen LogP contribution in [0.1, 0.15) is 30.0 Å². The number of benzene rings is 1. The summed E-state index contributed by atoms with van der Waals surface area (Å²) in [5, 5.41) is 10.4. The number of thiophene rings is 1. The maximum absolute atomic E-state index is 5.88. The van der Waals surface area contributed by atoms with Crippen LogP contribution in [0, 0.1) is 6.92 Å². The zero-order chi connectivity index (χ0) is 18.7. The molecule has 3 aromatic rings. The molecule has 0 saturated heterocycles. The van der Waals surface area contributed by atoms with Crippen molar-refractivity contribution in [2.24, 2.45) is 0 Å². The monoisotopic (exact) mass is 374 g/mol. The van der Waals surface area contributed by atoms with E-state index in [2.05, 4.69) is 31.1 Å². The fourth-order valence-electron chi connectivity index (χ4n) is 2.79. The van der Waals surface area contributed by atoms with Crippen LogP contribution in [0.25, 0.3) is 10.8 Å². The van der Waals surface area contributed by atoms with Gasteiger partial charge in [-0.15, -0.1) is 21.5 Å². The lowest BCUT2D eigenvalue weighted by atomic mass is 10.1. The third-order valence-corrected chi connectivity index (χ3v) is 5.45. The molecule has 1 N–H and O–H groups in total. The summed E-state index contributed by atoms with van der Waals surface area (Å²) in [6.07, 6.45) is 0. The number of hydrogen-bond acceptors (Lipinski definition) is 6. The number of hydrogen-bond donors (Lipinski definition) is 1. The molecule has 2 atom stereocenters. The molecule has 7 heteroatoms. The van der Waals surface area contributed by atoms with Gasteiger partial charge >= 0.3 is 0 Å². The lowest BCUT2D eigenvalue weighted by Gasteiger charge is -2.20. The fourth-order valence-corrected chi connectivity index (χ4v) is 3.43. The first-order valence-corrected chi connectivity index (χ1v) is 9.32. The van der Waals surface area contributed by atoms with Gasteiger partial charge < -0.3 is 18.8 Å². The Bertz CT molecular complexity index is 861. The molecule has 0 spiro atoms. The van der Waals surface area contributed by atoms with E-state index in [4.69, 9.17) is 13.9 Å². The van der Waals surface area contributed by atoms with Crippen molar-refractivity contribution >= 4 is 11.3 Å². The van der Waals surface area contributed by atoms with E-state index in [1.807, 2.05) is 29.6 Å². The number of aryl methyl sites for hydroxylation is 1. The Balaban J connectivity index is 1.76. The fraction of sp³-hybridized carbons (Fsp3) is 0.368. The van der Waals surface area contributed by atoms with Crippen LogP contribution >= 0.6 is 11.3 Å². The minimum Gasteiger partial charge on any atom is -0.493 e. The van der Waals surface area contributed by atoms with Crippen molar-refractivity contribution in [1.29, 1.82) is 0 Å². The van der Waals surface area contributed by atoms with Gasteiger partial charge in [-0.2, -0.15) is 0 Å². The number of ether oxygens (including phenoxy) is 2. The van der Waals surface area contributed by atoms with Crippen LogP contribution in [0.4, 0.5) is 0 Å². The van der Waals surface area contributed by atoms with Crippen LogP contribution in [0.3, 0.4) is 0 Å². The van der Waals surface area contributed by atoms with Crippen LogP contribution < -0.4 is 14.4 Å². The normalized spacial score (nSPS) is 13.4. The standard InChI is InChI=1S/C19H23N3O3S/c1-12-9-15(23-4)16(24-5)10-14(12)11-22(3)13(2)18-20-21-19(25-18)17-7-6-8-26-17/h6-10,13H,11H2,1-5H3/p+1/t13-/m1/s1. The molecule has 6 nitrogen and oxygen atoms in total. The molecular weight excluding hydrogens is 350 g/mol. The number of nitrogens with zero attached hydrogens (tertiary/aromatic N) is 2. The van der Waals surface area contributed by atoms with Crippen molar-refractivity contribution in [3.8, 4) is 22.3 Å². The van der Waals surface area contributed by atoms with Gasteiger partial charge in [0.05, 0.1) is 26.1 Å². The van der Waals surface area contributed by atoms with Gasteiger partial charge in [0.2, 0.25) is 0 Å². The molecule has 138 valence electrons. The summed E-state index contributed by atoms with van der Waals surface area (Å²) < 4.78 is 16.7. The van der Waals surface area contributed by atoms with Gasteiger partial charge in [0, 0.05) is 5.56 Å². The van der Waals surface area contributed by atoms with E-state index in [9.17, 15) is 0 Å². The van der Waals surface area contributed by atoms with E-state index in [1.54, 1.807) is 25.6 Å². The molecule has 2 heterocycles. The quantitative estimate of drug-likeness (QED) is 0.689. The predicted molar refractivity (Wildman–Crippen MR) is 101 cm³/mol. The third-order valence-electron chi connectivity index (χ3n) is 4.59. The lowest BCUT2D eigenvalue weighted by molar-refractivity contribution is -0.925. The summed E-state index contributed by atoms with van der Waals surface area (Å²) in [4.78, 5) is 2.24. The highest BCUT2D eigenvalue weighted by molar-refractivity contribution is 7.13. The second-order valence-electron chi connectivity index (χ2n) is 6.30. The number of quaternary nitrogens is 1. The molecule has 26 heavy (non-hydrogen) atoms. The first-order valence-electron chi connectivity index (χ1n) is 8.44. The molecule has 1 unspecified atom stereocenters. The second kappa shape index (κ2) is 7.88. The minimum absolute atomic E-state index is 0.0729. The molecule has 2 aromatic heterocycles. The van der Waals surface area contributed by atoms with Crippen LogP contribution in [0.15, 0.2) is 34.1 Å². The second-order valence-corrected chi connectivity index (χ2v) is 7.25. The highest BCUT2D eigenvalue weighted by Crippen LogP contribution is 2.30. The first-order chi connectivity index (χ1) is 12.5. The van der Waals surface area contributed by atoms with Crippen molar-refractivity contribution in [2.45, 2.75) is 26.4 Å². The average molecular weight is 374 g/mol. The summed E-state index contributed by atoms with van der Waals surface area (Å²) in [6, 6.07) is 8.08. The maximum atomic E-state index is 5.88. The maximum Gasteiger partial charge on any atom is 0.274 e. The molecular formula is C19H24N3O3S+. The van der Waals surface area contributed by atoms with E-state index >= 15 is 0 Å². The Labute approximate surface area is 157 Å². The van der Waals surface area contributed by atoms with Gasteiger partial charge in [-0.3, -0.25) is 0 Å². The van der Waals surface area contributed by atoms with Gasteiger partial charge in [0.1, 0.15) is 6.54 Å². The zero-order valence-corrected chi connectivity index (χ0v) is 16.5. The SMILES string of the molecule is COc1cc(C)c(C[NH+](C)[C@H](C)c2nnc(-c3cccs3)o2)cc1OC. The van der Waals surface area contributed by atoms with Gasteiger partial charge in [0.15, 0.2) is 17.5 Å². The van der Waals surface area contributed by atoms with E-state index in [1.165, 1.54) is 16.0 Å².